The number of rotatable bonds is 4. The lowest BCUT2D eigenvalue weighted by atomic mass is 10.1. The molecule has 106 valence electrons. The Morgan fingerprint density at radius 1 is 1.30 bits per heavy atom. The highest BCUT2D eigenvalue weighted by Gasteiger charge is 2.24. The molecule has 0 saturated carbocycles. The summed E-state index contributed by atoms with van der Waals surface area (Å²) in [6, 6.07) is 0. The second kappa shape index (κ2) is 5.72. The number of aromatic nitrogens is 5. The van der Waals surface area contributed by atoms with Gasteiger partial charge in [-0.1, -0.05) is 0 Å². The van der Waals surface area contributed by atoms with Gasteiger partial charge in [-0.15, -0.1) is 0 Å². The first-order valence-corrected chi connectivity index (χ1v) is 6.90. The molecule has 1 atom stereocenters. The summed E-state index contributed by atoms with van der Waals surface area (Å²) < 4.78 is 1.69. The summed E-state index contributed by atoms with van der Waals surface area (Å²) in [5.74, 6) is 1.52. The highest BCUT2D eigenvalue weighted by molar-refractivity contribution is 6.28. The van der Waals surface area contributed by atoms with Gasteiger partial charge in [-0.2, -0.15) is 15.0 Å². The number of nitrogens with zero attached hydrogens (tertiary/aromatic N) is 6. The van der Waals surface area contributed by atoms with Crippen LogP contribution in [-0.2, 0) is 0 Å². The number of hydrogen-bond donors (Lipinski definition) is 1. The lowest BCUT2D eigenvalue weighted by molar-refractivity contribution is 0.263. The second-order valence-electron chi connectivity index (χ2n) is 4.79. The molecule has 1 unspecified atom stereocenters. The Morgan fingerprint density at radius 3 is 2.90 bits per heavy atom. The Balaban J connectivity index is 1.84. The van der Waals surface area contributed by atoms with Crippen molar-refractivity contribution in [2.24, 2.45) is 5.92 Å². The third-order valence-corrected chi connectivity index (χ3v) is 3.59. The zero-order valence-electron chi connectivity index (χ0n) is 10.9. The van der Waals surface area contributed by atoms with Crippen LogP contribution in [0.2, 0.25) is 5.28 Å². The van der Waals surface area contributed by atoms with Gasteiger partial charge in [0.05, 0.1) is 0 Å². The molecule has 1 fully saturated rings. The predicted molar refractivity (Wildman–Crippen MR) is 74.0 cm³/mol. The molecule has 0 amide bonds. The average molecular weight is 295 g/mol. The largest absolute Gasteiger partial charge is 0.396 e. The summed E-state index contributed by atoms with van der Waals surface area (Å²) in [6.07, 6.45) is 6.88. The Hall–Kier alpha value is -1.73. The van der Waals surface area contributed by atoms with Crippen molar-refractivity contribution in [3.8, 4) is 5.95 Å². The molecule has 0 aromatic carbocycles. The summed E-state index contributed by atoms with van der Waals surface area (Å²) in [7, 11) is 0. The van der Waals surface area contributed by atoms with Gasteiger partial charge in [-0.3, -0.25) is 4.57 Å². The van der Waals surface area contributed by atoms with E-state index in [2.05, 4.69) is 24.8 Å². The van der Waals surface area contributed by atoms with E-state index in [0.717, 1.165) is 25.9 Å². The fourth-order valence-electron chi connectivity index (χ4n) is 2.40. The number of aliphatic hydroxyl groups excluding tert-OH is 1. The van der Waals surface area contributed by atoms with Gasteiger partial charge >= 0.3 is 0 Å². The second-order valence-corrected chi connectivity index (χ2v) is 5.13. The zero-order valence-corrected chi connectivity index (χ0v) is 11.6. The van der Waals surface area contributed by atoms with Crippen LogP contribution in [0, 0.1) is 5.92 Å². The molecule has 8 heteroatoms. The molecule has 0 spiro atoms. The molecule has 0 aliphatic carbocycles. The molecule has 0 radical (unpaired) electrons. The molecule has 0 bridgehead atoms. The predicted octanol–water partition coefficient (Wildman–Crippen LogP) is 0.919. The summed E-state index contributed by atoms with van der Waals surface area (Å²) >= 11 is 5.98. The van der Waals surface area contributed by atoms with E-state index >= 15 is 0 Å². The highest BCUT2D eigenvalue weighted by Crippen LogP contribution is 2.24. The van der Waals surface area contributed by atoms with Crippen molar-refractivity contribution in [2.75, 3.05) is 24.6 Å². The van der Waals surface area contributed by atoms with Crippen molar-refractivity contribution < 1.29 is 5.11 Å². The monoisotopic (exact) mass is 294 g/mol. The molecule has 3 rings (SSSR count). The van der Waals surface area contributed by atoms with Crippen molar-refractivity contribution in [1.82, 2.24) is 24.5 Å². The summed E-state index contributed by atoms with van der Waals surface area (Å²) in [5.41, 5.74) is 0. The first-order chi connectivity index (χ1) is 9.76. The Morgan fingerprint density at radius 2 is 2.15 bits per heavy atom. The maximum Gasteiger partial charge on any atom is 0.241 e. The molecule has 1 aliphatic rings. The molecular weight excluding hydrogens is 280 g/mol. The van der Waals surface area contributed by atoms with Crippen molar-refractivity contribution in [2.45, 2.75) is 12.8 Å². The molecular formula is C12H15ClN6O. The van der Waals surface area contributed by atoms with Crippen molar-refractivity contribution in [3.63, 3.8) is 0 Å². The third kappa shape index (κ3) is 2.73. The van der Waals surface area contributed by atoms with Gasteiger partial charge in [0.15, 0.2) is 0 Å². The minimum Gasteiger partial charge on any atom is -0.396 e. The molecule has 1 N–H and O–H groups in total. The van der Waals surface area contributed by atoms with Gasteiger partial charge in [0.2, 0.25) is 17.2 Å². The van der Waals surface area contributed by atoms with Gasteiger partial charge in [0, 0.05) is 32.1 Å². The summed E-state index contributed by atoms with van der Waals surface area (Å²) in [6.45, 7) is 1.93. The van der Waals surface area contributed by atoms with E-state index in [0.29, 0.717) is 17.8 Å². The minimum atomic E-state index is 0.171. The van der Waals surface area contributed by atoms with E-state index in [1.54, 1.807) is 23.3 Å². The maximum atomic E-state index is 9.01. The maximum absolute atomic E-state index is 9.01. The van der Waals surface area contributed by atoms with Crippen molar-refractivity contribution in [1.29, 1.82) is 0 Å². The first kappa shape index (κ1) is 13.3. The van der Waals surface area contributed by atoms with Gasteiger partial charge < -0.3 is 10.0 Å². The lowest BCUT2D eigenvalue weighted by Crippen LogP contribution is -2.23. The topological polar surface area (TPSA) is 80.0 Å². The first-order valence-electron chi connectivity index (χ1n) is 6.52. The highest BCUT2D eigenvalue weighted by atomic mass is 35.5. The normalized spacial score (nSPS) is 18.7. The molecule has 1 saturated heterocycles. The molecule has 3 heterocycles. The molecule has 20 heavy (non-hydrogen) atoms. The third-order valence-electron chi connectivity index (χ3n) is 3.43. The Bertz CT molecular complexity index is 575. The number of anilines is 1. The van der Waals surface area contributed by atoms with Crippen LogP contribution >= 0.6 is 11.6 Å². The smallest absolute Gasteiger partial charge is 0.241 e. The van der Waals surface area contributed by atoms with E-state index < -0.39 is 0 Å². The fourth-order valence-corrected chi connectivity index (χ4v) is 2.55. The van der Waals surface area contributed by atoms with Gasteiger partial charge in [0.25, 0.3) is 0 Å². The van der Waals surface area contributed by atoms with Crippen LogP contribution in [0.5, 0.6) is 0 Å². The summed E-state index contributed by atoms with van der Waals surface area (Å²) in [4.78, 5) is 18.8. The Labute approximate surface area is 121 Å². The van der Waals surface area contributed by atoms with Crippen molar-refractivity contribution >= 4 is 17.5 Å². The van der Waals surface area contributed by atoms with Gasteiger partial charge in [0.1, 0.15) is 6.33 Å². The molecule has 2 aromatic rings. The quantitative estimate of drug-likeness (QED) is 0.903. The van der Waals surface area contributed by atoms with E-state index in [9.17, 15) is 0 Å². The van der Waals surface area contributed by atoms with E-state index in [-0.39, 0.29) is 11.9 Å². The van der Waals surface area contributed by atoms with Crippen LogP contribution in [0.15, 0.2) is 18.7 Å². The number of aliphatic hydroxyl groups is 1. The van der Waals surface area contributed by atoms with Crippen LogP contribution < -0.4 is 4.90 Å². The zero-order chi connectivity index (χ0) is 13.9. The van der Waals surface area contributed by atoms with Crippen molar-refractivity contribution in [3.05, 3.63) is 24.0 Å². The minimum absolute atomic E-state index is 0.171. The van der Waals surface area contributed by atoms with Gasteiger partial charge in [-0.05, 0) is 30.4 Å². The average Bonchev–Trinajstić information content (AvgIpc) is 3.09. The van der Waals surface area contributed by atoms with Crippen LogP contribution in [-0.4, -0.2) is 49.3 Å². The summed E-state index contributed by atoms with van der Waals surface area (Å²) in [5, 5.41) is 9.18. The van der Waals surface area contributed by atoms with E-state index in [1.807, 2.05) is 0 Å². The number of imidazole rings is 1. The lowest BCUT2D eigenvalue weighted by Gasteiger charge is -2.16. The van der Waals surface area contributed by atoms with Crippen LogP contribution in [0.3, 0.4) is 0 Å². The SMILES string of the molecule is OCCC1CCN(c2nc(Cl)nc(-n3ccnc3)n2)C1. The standard InChI is InChI=1S/C12H15ClN6O/c13-10-15-11(18-4-1-9(7-18)2-6-20)17-12(16-10)19-5-3-14-8-19/h3,5,8-9,20H,1-2,4,6-7H2. The molecule has 2 aromatic heterocycles. The van der Waals surface area contributed by atoms with Crippen LogP contribution in [0.4, 0.5) is 5.95 Å². The number of hydrogen-bond acceptors (Lipinski definition) is 6. The van der Waals surface area contributed by atoms with E-state index in [1.165, 1.54) is 0 Å². The van der Waals surface area contributed by atoms with Gasteiger partial charge in [-0.25, -0.2) is 4.98 Å². The van der Waals surface area contributed by atoms with E-state index in [4.69, 9.17) is 16.7 Å². The fraction of sp³-hybridized carbons (Fsp3) is 0.500. The molecule has 1 aliphatic heterocycles. The number of halogens is 1. The van der Waals surface area contributed by atoms with Crippen LogP contribution in [0.1, 0.15) is 12.8 Å². The molecule has 7 nitrogen and oxygen atoms in total. The van der Waals surface area contributed by atoms with Crippen LogP contribution in [0.25, 0.3) is 5.95 Å². The Kier molecular flexibility index (Phi) is 3.79.